The van der Waals surface area contributed by atoms with E-state index in [2.05, 4.69) is 0 Å². The van der Waals surface area contributed by atoms with Gasteiger partial charge in [-0.2, -0.15) is 0 Å². The van der Waals surface area contributed by atoms with Crippen LogP contribution in [-0.2, 0) is 38.1 Å². The third-order valence-electron chi connectivity index (χ3n) is 3.53. The smallest absolute Gasteiger partial charge is 0.308 e. The second-order valence-corrected chi connectivity index (χ2v) is 6.07. The highest BCUT2D eigenvalue weighted by molar-refractivity contribution is 5.71. The average molecular weight is 388 g/mol. The Morgan fingerprint density at radius 2 is 0.852 bits per heavy atom. The summed E-state index contributed by atoms with van der Waals surface area (Å²) in [5, 5.41) is 0. The molecule has 0 spiro atoms. The summed E-state index contributed by atoms with van der Waals surface area (Å²) in [6, 6.07) is 0. The number of hydrogen-bond acceptors (Lipinski definition) is 8. The molecule has 0 rings (SSSR count). The van der Waals surface area contributed by atoms with Gasteiger partial charge in [-0.15, -0.1) is 0 Å². The zero-order valence-corrected chi connectivity index (χ0v) is 16.8. The molecule has 0 fully saturated rings. The van der Waals surface area contributed by atoms with Crippen LogP contribution in [0.3, 0.4) is 0 Å². The summed E-state index contributed by atoms with van der Waals surface area (Å²) in [7, 11) is 0. The van der Waals surface area contributed by atoms with Crippen molar-refractivity contribution in [2.24, 2.45) is 0 Å². The molecule has 0 amide bonds. The zero-order valence-electron chi connectivity index (χ0n) is 16.8. The number of esters is 4. The van der Waals surface area contributed by atoms with Gasteiger partial charge in [-0.05, 0) is 12.8 Å². The molecule has 0 aromatic heterocycles. The van der Waals surface area contributed by atoms with E-state index in [4.69, 9.17) is 18.9 Å². The van der Waals surface area contributed by atoms with Gasteiger partial charge < -0.3 is 18.9 Å². The van der Waals surface area contributed by atoms with Crippen molar-refractivity contribution in [3.05, 3.63) is 0 Å². The topological polar surface area (TPSA) is 105 Å². The lowest BCUT2D eigenvalue weighted by molar-refractivity contribution is -0.186. The molecule has 0 saturated heterocycles. The summed E-state index contributed by atoms with van der Waals surface area (Å²) in [5.74, 6) is -1.62. The van der Waals surface area contributed by atoms with Gasteiger partial charge in [-0.3, -0.25) is 19.2 Å². The second-order valence-electron chi connectivity index (χ2n) is 6.07. The largest absolute Gasteiger partial charge is 0.425 e. The van der Waals surface area contributed by atoms with Gasteiger partial charge in [-0.1, -0.05) is 33.1 Å². The number of ether oxygens (including phenoxy) is 4. The molecule has 0 aliphatic heterocycles. The predicted molar refractivity (Wildman–Crippen MR) is 96.2 cm³/mol. The van der Waals surface area contributed by atoms with Crippen molar-refractivity contribution in [1.29, 1.82) is 0 Å². The Morgan fingerprint density at radius 3 is 1.19 bits per heavy atom. The molecule has 0 saturated carbocycles. The number of carbonyl (C=O) groups is 4. The highest BCUT2D eigenvalue weighted by Crippen LogP contribution is 2.10. The lowest BCUT2D eigenvalue weighted by Crippen LogP contribution is -2.21. The van der Waals surface area contributed by atoms with Gasteiger partial charge >= 0.3 is 23.9 Å². The van der Waals surface area contributed by atoms with Crippen LogP contribution in [0.1, 0.15) is 85.5 Å². The van der Waals surface area contributed by atoms with Crippen molar-refractivity contribution >= 4 is 23.9 Å². The van der Waals surface area contributed by atoms with Crippen molar-refractivity contribution < 1.29 is 38.1 Å². The van der Waals surface area contributed by atoms with Gasteiger partial charge in [0.05, 0.1) is 0 Å². The molecular formula is C19H32O8. The summed E-state index contributed by atoms with van der Waals surface area (Å²) in [6.07, 6.45) is 3.13. The summed E-state index contributed by atoms with van der Waals surface area (Å²) in [6.45, 7) is 6.35. The Labute approximate surface area is 160 Å². The van der Waals surface area contributed by atoms with Crippen LogP contribution in [0, 0.1) is 0 Å². The van der Waals surface area contributed by atoms with Crippen molar-refractivity contribution in [3.63, 3.8) is 0 Å². The Kier molecular flexibility index (Phi) is 13.8. The van der Waals surface area contributed by atoms with Crippen LogP contribution in [0.5, 0.6) is 0 Å². The van der Waals surface area contributed by atoms with E-state index >= 15 is 0 Å². The van der Waals surface area contributed by atoms with E-state index in [9.17, 15) is 19.2 Å². The van der Waals surface area contributed by atoms with Crippen LogP contribution in [0.25, 0.3) is 0 Å². The summed E-state index contributed by atoms with van der Waals surface area (Å²) in [5.41, 5.74) is 0. The molecular weight excluding hydrogens is 356 g/mol. The minimum absolute atomic E-state index is 0.234. The van der Waals surface area contributed by atoms with Gasteiger partial charge in [-0.25, -0.2) is 0 Å². The number of unbranched alkanes of at least 4 members (excludes halogenated alkanes) is 4. The molecule has 2 unspecified atom stereocenters. The fraction of sp³-hybridized carbons (Fsp3) is 0.789. The molecule has 0 aliphatic rings. The standard InChI is InChI=1S/C19H32O8/c1-5-16(20)24-14(3)26-18(22)12-10-8-7-9-11-13-19(23)27-15(4)25-17(21)6-2/h14-15H,5-13H2,1-4H3. The van der Waals surface area contributed by atoms with Crippen LogP contribution in [0.2, 0.25) is 0 Å². The van der Waals surface area contributed by atoms with Crippen molar-refractivity contribution in [3.8, 4) is 0 Å². The molecule has 0 aliphatic carbocycles. The van der Waals surface area contributed by atoms with Crippen LogP contribution in [-0.4, -0.2) is 36.5 Å². The van der Waals surface area contributed by atoms with Crippen molar-refractivity contribution in [1.82, 2.24) is 0 Å². The number of carbonyl (C=O) groups excluding carboxylic acids is 4. The molecule has 0 bridgehead atoms. The van der Waals surface area contributed by atoms with Gasteiger partial charge in [0.25, 0.3) is 0 Å². The predicted octanol–water partition coefficient (Wildman–Crippen LogP) is 3.40. The first kappa shape index (κ1) is 24.9. The van der Waals surface area contributed by atoms with Gasteiger partial charge in [0.1, 0.15) is 0 Å². The van der Waals surface area contributed by atoms with E-state index in [-0.39, 0.29) is 25.7 Å². The molecule has 2 atom stereocenters. The minimum atomic E-state index is -0.866. The van der Waals surface area contributed by atoms with E-state index in [1.165, 1.54) is 13.8 Å². The van der Waals surface area contributed by atoms with E-state index < -0.39 is 36.5 Å². The zero-order chi connectivity index (χ0) is 20.7. The van der Waals surface area contributed by atoms with Gasteiger partial charge in [0.2, 0.25) is 12.6 Å². The van der Waals surface area contributed by atoms with Gasteiger partial charge in [0, 0.05) is 39.5 Å². The van der Waals surface area contributed by atoms with Crippen LogP contribution in [0.15, 0.2) is 0 Å². The van der Waals surface area contributed by atoms with E-state index in [0.717, 1.165) is 19.3 Å². The monoisotopic (exact) mass is 388 g/mol. The van der Waals surface area contributed by atoms with Crippen LogP contribution >= 0.6 is 0 Å². The van der Waals surface area contributed by atoms with Crippen molar-refractivity contribution in [2.45, 2.75) is 98.1 Å². The maximum atomic E-state index is 11.6. The molecule has 27 heavy (non-hydrogen) atoms. The van der Waals surface area contributed by atoms with E-state index in [1.54, 1.807) is 13.8 Å². The van der Waals surface area contributed by atoms with E-state index in [0.29, 0.717) is 12.8 Å². The van der Waals surface area contributed by atoms with Crippen LogP contribution < -0.4 is 0 Å². The first-order valence-corrected chi connectivity index (χ1v) is 9.56. The minimum Gasteiger partial charge on any atom is -0.425 e. The number of rotatable bonds is 14. The molecule has 0 radical (unpaired) electrons. The molecule has 0 aromatic rings. The average Bonchev–Trinajstić information content (AvgIpc) is 2.60. The maximum Gasteiger partial charge on any atom is 0.308 e. The first-order valence-electron chi connectivity index (χ1n) is 9.56. The lowest BCUT2D eigenvalue weighted by atomic mass is 10.1. The second kappa shape index (κ2) is 15.0. The Balaban J connectivity index is 3.63. The van der Waals surface area contributed by atoms with E-state index in [1.807, 2.05) is 0 Å². The summed E-state index contributed by atoms with van der Waals surface area (Å²) in [4.78, 5) is 45.3. The third kappa shape index (κ3) is 14.7. The highest BCUT2D eigenvalue weighted by Gasteiger charge is 2.13. The summed E-state index contributed by atoms with van der Waals surface area (Å²) < 4.78 is 19.7. The van der Waals surface area contributed by atoms with Crippen LogP contribution in [0.4, 0.5) is 0 Å². The normalized spacial score (nSPS) is 12.6. The lowest BCUT2D eigenvalue weighted by Gasteiger charge is -2.13. The SMILES string of the molecule is CCC(=O)OC(C)OC(=O)CCCCCCCC(=O)OC(C)OC(=O)CC. The molecule has 156 valence electrons. The Morgan fingerprint density at radius 1 is 0.556 bits per heavy atom. The molecule has 8 heteroatoms. The quantitative estimate of drug-likeness (QED) is 0.253. The fourth-order valence-corrected chi connectivity index (χ4v) is 2.14. The van der Waals surface area contributed by atoms with Crippen molar-refractivity contribution in [2.75, 3.05) is 0 Å². The highest BCUT2D eigenvalue weighted by atomic mass is 16.7. The molecule has 0 aromatic carbocycles. The third-order valence-corrected chi connectivity index (χ3v) is 3.53. The molecule has 0 heterocycles. The Hall–Kier alpha value is -2.12. The first-order chi connectivity index (χ1) is 12.8. The fourth-order valence-electron chi connectivity index (χ4n) is 2.14. The summed E-state index contributed by atoms with van der Waals surface area (Å²) >= 11 is 0. The maximum absolute atomic E-state index is 11.6. The van der Waals surface area contributed by atoms with Gasteiger partial charge in [0.15, 0.2) is 0 Å². The Bertz CT molecular complexity index is 432. The molecule has 8 nitrogen and oxygen atoms in total. The number of hydrogen-bond donors (Lipinski definition) is 0. The molecule has 0 N–H and O–H groups in total.